The number of benzene rings is 1. The Balaban J connectivity index is 2.18. The first-order valence-electron chi connectivity index (χ1n) is 8.32. The molecule has 1 saturated heterocycles. The molecule has 0 saturated carbocycles. The van der Waals surface area contributed by atoms with Gasteiger partial charge in [-0.2, -0.15) is 0 Å². The summed E-state index contributed by atoms with van der Waals surface area (Å²) in [4.78, 5) is 14.4. The molecule has 1 aliphatic rings. The van der Waals surface area contributed by atoms with Crippen LogP contribution in [-0.4, -0.2) is 42.8 Å². The molecule has 0 atom stereocenters. The molecule has 2 N–H and O–H groups in total. The van der Waals surface area contributed by atoms with E-state index < -0.39 is 11.7 Å². The van der Waals surface area contributed by atoms with Gasteiger partial charge in [0, 0.05) is 44.0 Å². The van der Waals surface area contributed by atoms with Gasteiger partial charge in [-0.15, -0.1) is 6.42 Å². The van der Waals surface area contributed by atoms with Gasteiger partial charge < -0.3 is 10.1 Å². The highest BCUT2D eigenvalue weighted by Crippen LogP contribution is 2.22. The zero-order chi connectivity index (χ0) is 17.7. The summed E-state index contributed by atoms with van der Waals surface area (Å²) in [5, 5.41) is 6.14. The highest BCUT2D eigenvalue weighted by molar-refractivity contribution is 5.85. The van der Waals surface area contributed by atoms with Crippen molar-refractivity contribution < 1.29 is 9.53 Å². The van der Waals surface area contributed by atoms with Crippen LogP contribution in [0.4, 0.5) is 10.5 Å². The summed E-state index contributed by atoms with van der Waals surface area (Å²) in [6, 6.07) is 3.81. The summed E-state index contributed by atoms with van der Waals surface area (Å²) in [7, 11) is 0. The topological polar surface area (TPSA) is 53.6 Å². The van der Waals surface area contributed by atoms with Gasteiger partial charge in [0.1, 0.15) is 5.60 Å². The Morgan fingerprint density at radius 2 is 2.04 bits per heavy atom. The molecule has 1 aromatic rings. The molecule has 5 nitrogen and oxygen atoms in total. The number of anilines is 1. The maximum absolute atomic E-state index is 12.0. The Morgan fingerprint density at radius 1 is 1.38 bits per heavy atom. The largest absolute Gasteiger partial charge is 0.444 e. The molecular formula is C19H27N3O2. The Hall–Kier alpha value is -2.03. The molecule has 130 valence electrons. The molecule has 5 heteroatoms. The van der Waals surface area contributed by atoms with Crippen LogP contribution in [0.3, 0.4) is 0 Å². The maximum atomic E-state index is 12.0. The Kier molecular flexibility index (Phi) is 5.87. The second-order valence-corrected chi connectivity index (χ2v) is 7.11. The molecule has 0 aromatic heterocycles. The first kappa shape index (κ1) is 18.3. The van der Waals surface area contributed by atoms with Gasteiger partial charge in [-0.25, -0.2) is 4.79 Å². The highest BCUT2D eigenvalue weighted by Gasteiger charge is 2.18. The van der Waals surface area contributed by atoms with E-state index in [0.717, 1.165) is 49.4 Å². The summed E-state index contributed by atoms with van der Waals surface area (Å²) >= 11 is 0. The van der Waals surface area contributed by atoms with Crippen molar-refractivity contribution in [1.29, 1.82) is 0 Å². The van der Waals surface area contributed by atoms with E-state index in [1.165, 1.54) is 0 Å². The molecule has 0 spiro atoms. The number of hydrogen-bond donors (Lipinski definition) is 2. The average molecular weight is 329 g/mol. The SMILES string of the molecule is C#Cc1cc(NC(=O)OC(C)(C)C)cc(CN2CCNCC2)c1C. The third kappa shape index (κ3) is 5.26. The van der Waals surface area contributed by atoms with E-state index in [-0.39, 0.29) is 0 Å². The van der Waals surface area contributed by atoms with E-state index in [1.54, 1.807) is 0 Å². The fourth-order valence-electron chi connectivity index (χ4n) is 2.69. The summed E-state index contributed by atoms with van der Waals surface area (Å²) in [6.45, 7) is 12.4. The number of carbonyl (C=O) groups excluding carboxylic acids is 1. The van der Waals surface area contributed by atoms with Crippen LogP contribution in [0.5, 0.6) is 0 Å². The van der Waals surface area contributed by atoms with Gasteiger partial charge in [0.15, 0.2) is 0 Å². The number of hydrogen-bond acceptors (Lipinski definition) is 4. The maximum Gasteiger partial charge on any atom is 0.412 e. The number of carbonyl (C=O) groups is 1. The van der Waals surface area contributed by atoms with Crippen molar-refractivity contribution in [3.05, 3.63) is 28.8 Å². The Labute approximate surface area is 144 Å². The first-order valence-corrected chi connectivity index (χ1v) is 8.32. The third-order valence-corrected chi connectivity index (χ3v) is 3.92. The Bertz CT molecular complexity index is 635. The van der Waals surface area contributed by atoms with Crippen molar-refractivity contribution in [2.24, 2.45) is 0 Å². The van der Waals surface area contributed by atoms with Crippen molar-refractivity contribution >= 4 is 11.8 Å². The van der Waals surface area contributed by atoms with Crippen molar-refractivity contribution in [1.82, 2.24) is 10.2 Å². The number of rotatable bonds is 3. The van der Waals surface area contributed by atoms with Gasteiger partial charge in [0.2, 0.25) is 0 Å². The average Bonchev–Trinajstić information content (AvgIpc) is 2.49. The monoisotopic (exact) mass is 329 g/mol. The summed E-state index contributed by atoms with van der Waals surface area (Å²) in [6.07, 6.45) is 5.17. The number of terminal acetylenes is 1. The molecule has 0 unspecified atom stereocenters. The predicted octanol–water partition coefficient (Wildman–Crippen LogP) is 2.73. The number of amides is 1. The number of nitrogens with one attached hydrogen (secondary N) is 2. The molecule has 0 radical (unpaired) electrons. The predicted molar refractivity (Wildman–Crippen MR) is 97.1 cm³/mol. The van der Waals surface area contributed by atoms with Gasteiger partial charge in [-0.1, -0.05) is 5.92 Å². The van der Waals surface area contributed by atoms with Crippen LogP contribution in [0, 0.1) is 19.3 Å². The van der Waals surface area contributed by atoms with Crippen LogP contribution < -0.4 is 10.6 Å². The minimum atomic E-state index is -0.534. The summed E-state index contributed by atoms with van der Waals surface area (Å²) in [5.74, 6) is 2.71. The van der Waals surface area contributed by atoms with Crippen molar-refractivity contribution in [2.75, 3.05) is 31.5 Å². The van der Waals surface area contributed by atoms with Crippen LogP contribution in [0.1, 0.15) is 37.5 Å². The van der Waals surface area contributed by atoms with Gasteiger partial charge in [0.05, 0.1) is 0 Å². The minimum Gasteiger partial charge on any atom is -0.444 e. The van der Waals surface area contributed by atoms with E-state index >= 15 is 0 Å². The molecule has 1 amide bonds. The highest BCUT2D eigenvalue weighted by atomic mass is 16.6. The lowest BCUT2D eigenvalue weighted by molar-refractivity contribution is 0.0636. The standard InChI is InChI=1S/C19H27N3O2/c1-6-15-11-17(21-18(23)24-19(3,4)5)12-16(14(15)2)13-22-9-7-20-8-10-22/h1,11-12,20H,7-10,13H2,2-5H3,(H,21,23). The minimum absolute atomic E-state index is 0.470. The van der Waals surface area contributed by atoms with E-state index in [2.05, 4.69) is 21.5 Å². The van der Waals surface area contributed by atoms with Gasteiger partial charge in [-0.3, -0.25) is 10.2 Å². The van der Waals surface area contributed by atoms with E-state index in [4.69, 9.17) is 11.2 Å². The number of piperazine rings is 1. The van der Waals surface area contributed by atoms with Gasteiger partial charge >= 0.3 is 6.09 Å². The molecule has 1 aromatic carbocycles. The van der Waals surface area contributed by atoms with Gasteiger partial charge in [0.25, 0.3) is 0 Å². The summed E-state index contributed by atoms with van der Waals surface area (Å²) in [5.41, 5.74) is 3.17. The van der Waals surface area contributed by atoms with Crippen LogP contribution >= 0.6 is 0 Å². The van der Waals surface area contributed by atoms with Crippen LogP contribution in [0.15, 0.2) is 12.1 Å². The van der Waals surface area contributed by atoms with E-state index in [9.17, 15) is 4.79 Å². The fraction of sp³-hybridized carbons (Fsp3) is 0.526. The molecule has 2 rings (SSSR count). The van der Waals surface area contributed by atoms with Crippen LogP contribution in [0.2, 0.25) is 0 Å². The van der Waals surface area contributed by atoms with Crippen LogP contribution in [0.25, 0.3) is 0 Å². The molecular weight excluding hydrogens is 302 g/mol. The van der Waals surface area contributed by atoms with Crippen molar-refractivity contribution in [2.45, 2.75) is 39.8 Å². The number of ether oxygens (including phenoxy) is 1. The Morgan fingerprint density at radius 3 is 2.62 bits per heavy atom. The number of nitrogens with zero attached hydrogens (tertiary/aromatic N) is 1. The fourth-order valence-corrected chi connectivity index (χ4v) is 2.69. The molecule has 24 heavy (non-hydrogen) atoms. The summed E-state index contributed by atoms with van der Waals surface area (Å²) < 4.78 is 5.31. The molecule has 1 aliphatic heterocycles. The smallest absolute Gasteiger partial charge is 0.412 e. The molecule has 0 bridgehead atoms. The molecule has 0 aliphatic carbocycles. The van der Waals surface area contributed by atoms with E-state index in [0.29, 0.717) is 5.69 Å². The van der Waals surface area contributed by atoms with Crippen LogP contribution in [-0.2, 0) is 11.3 Å². The zero-order valence-electron chi connectivity index (χ0n) is 15.0. The van der Waals surface area contributed by atoms with Gasteiger partial charge in [-0.05, 0) is 51.0 Å². The second-order valence-electron chi connectivity index (χ2n) is 7.11. The third-order valence-electron chi connectivity index (χ3n) is 3.92. The lowest BCUT2D eigenvalue weighted by Crippen LogP contribution is -2.43. The van der Waals surface area contributed by atoms with Crippen molar-refractivity contribution in [3.8, 4) is 12.3 Å². The van der Waals surface area contributed by atoms with Crippen molar-refractivity contribution in [3.63, 3.8) is 0 Å². The first-order chi connectivity index (χ1) is 11.3. The second kappa shape index (κ2) is 7.69. The molecule has 1 fully saturated rings. The molecule has 1 heterocycles. The zero-order valence-corrected chi connectivity index (χ0v) is 15.0. The lowest BCUT2D eigenvalue weighted by Gasteiger charge is -2.28. The normalized spacial score (nSPS) is 15.6. The quantitative estimate of drug-likeness (QED) is 0.837. The lowest BCUT2D eigenvalue weighted by atomic mass is 10.0. The van der Waals surface area contributed by atoms with E-state index in [1.807, 2.05) is 39.8 Å².